The normalized spacial score (nSPS) is 18.3. The molecule has 0 aliphatic carbocycles. The maximum atomic E-state index is 14.0. The van der Waals surface area contributed by atoms with Gasteiger partial charge in [-0.05, 0) is 45.5 Å². The molecule has 1 unspecified atom stereocenters. The zero-order valence-electron chi connectivity index (χ0n) is 22.9. The number of nitrogens with one attached hydrogen (secondary N) is 2. The van der Waals surface area contributed by atoms with Crippen molar-refractivity contribution in [2.24, 2.45) is 0 Å². The Balaban J connectivity index is 1.28. The monoisotopic (exact) mass is 558 g/mol. The van der Waals surface area contributed by atoms with Crippen LogP contribution in [0.2, 0.25) is 0 Å². The molecule has 0 saturated carbocycles. The van der Waals surface area contributed by atoms with Crippen LogP contribution in [0.15, 0.2) is 42.9 Å². The third-order valence-corrected chi connectivity index (χ3v) is 6.79. The zero-order valence-corrected chi connectivity index (χ0v) is 22.9. The predicted molar refractivity (Wildman–Crippen MR) is 143 cm³/mol. The average Bonchev–Trinajstić information content (AvgIpc) is 3.30. The summed E-state index contributed by atoms with van der Waals surface area (Å²) in [7, 11) is 2.04. The van der Waals surface area contributed by atoms with Crippen LogP contribution < -0.4 is 10.6 Å². The van der Waals surface area contributed by atoms with Gasteiger partial charge in [0.15, 0.2) is 0 Å². The molecule has 2 amide bonds. The lowest BCUT2D eigenvalue weighted by Gasteiger charge is -2.43. The smallest absolute Gasteiger partial charge is 0.353 e. The fourth-order valence-corrected chi connectivity index (χ4v) is 4.70. The number of carbonyl (C=O) groups is 1. The number of amides is 2. The SMILES string of the molecule is CN1CC(n2cc(Nc3nccc(-c4ccc(CNC(=O)N5CCC5OC(C)(C)C)c(C(F)(F)F)c4)n3)cn2)C1. The van der Waals surface area contributed by atoms with Crippen LogP contribution in [0.3, 0.4) is 0 Å². The van der Waals surface area contributed by atoms with Crippen LogP contribution in [0.1, 0.15) is 44.4 Å². The lowest BCUT2D eigenvalue weighted by Crippen LogP contribution is -2.57. The van der Waals surface area contributed by atoms with Gasteiger partial charge in [-0.1, -0.05) is 12.1 Å². The summed E-state index contributed by atoms with van der Waals surface area (Å²) in [6.07, 6.45) is 0.680. The first-order valence-electron chi connectivity index (χ1n) is 13.1. The van der Waals surface area contributed by atoms with Crippen molar-refractivity contribution in [2.45, 2.75) is 57.8 Å². The van der Waals surface area contributed by atoms with Gasteiger partial charge in [0.1, 0.15) is 6.23 Å². The minimum absolute atomic E-state index is 0.0418. The Labute approximate surface area is 230 Å². The van der Waals surface area contributed by atoms with Crippen LogP contribution in [-0.4, -0.2) is 74.1 Å². The first-order valence-corrected chi connectivity index (χ1v) is 13.1. The van der Waals surface area contributed by atoms with E-state index in [-0.39, 0.29) is 29.8 Å². The molecule has 2 aliphatic rings. The molecule has 3 aromatic rings. The van der Waals surface area contributed by atoms with Crippen molar-refractivity contribution in [2.75, 3.05) is 32.0 Å². The second-order valence-electron chi connectivity index (χ2n) is 11.2. The molecule has 4 heterocycles. The first kappa shape index (κ1) is 27.8. The standard InChI is InChI=1S/C27H33F3N8O2/c1-26(2,3)40-23-8-10-37(23)25(39)32-12-18-6-5-17(11-21(18)27(28,29)30)22-7-9-31-24(35-22)34-19-13-33-38(14-19)20-15-36(4)16-20/h5-7,9,11,13-14,20,23H,8,10,12,15-16H2,1-4H3,(H,32,39)(H,31,34,35). The molecule has 10 nitrogen and oxygen atoms in total. The van der Waals surface area contributed by atoms with Crippen molar-refractivity contribution in [1.29, 1.82) is 0 Å². The summed E-state index contributed by atoms with van der Waals surface area (Å²) in [6, 6.07) is 5.37. The van der Waals surface area contributed by atoms with Crippen molar-refractivity contribution in [3.05, 3.63) is 54.0 Å². The van der Waals surface area contributed by atoms with Gasteiger partial charge < -0.3 is 20.3 Å². The highest BCUT2D eigenvalue weighted by atomic mass is 19.4. The van der Waals surface area contributed by atoms with Crippen LogP contribution in [0.5, 0.6) is 0 Å². The van der Waals surface area contributed by atoms with Crippen molar-refractivity contribution in [3.63, 3.8) is 0 Å². The topological polar surface area (TPSA) is 100 Å². The van der Waals surface area contributed by atoms with E-state index in [1.807, 2.05) is 38.7 Å². The van der Waals surface area contributed by atoms with E-state index >= 15 is 0 Å². The quantitative estimate of drug-likeness (QED) is 0.436. The molecule has 40 heavy (non-hydrogen) atoms. The van der Waals surface area contributed by atoms with E-state index < -0.39 is 23.4 Å². The number of hydrogen-bond donors (Lipinski definition) is 2. The van der Waals surface area contributed by atoms with Crippen LogP contribution in [0.25, 0.3) is 11.3 Å². The molecule has 2 aliphatic heterocycles. The number of urea groups is 1. The molecule has 0 radical (unpaired) electrons. The van der Waals surface area contributed by atoms with Gasteiger partial charge in [-0.15, -0.1) is 0 Å². The van der Waals surface area contributed by atoms with E-state index in [1.165, 1.54) is 17.2 Å². The number of benzene rings is 1. The maximum Gasteiger partial charge on any atom is 0.416 e. The summed E-state index contributed by atoms with van der Waals surface area (Å²) in [5.41, 5.74) is -0.0202. The number of likely N-dealkylation sites (tertiary alicyclic amines) is 2. The lowest BCUT2D eigenvalue weighted by molar-refractivity contribution is -0.159. The largest absolute Gasteiger partial charge is 0.416 e. The highest BCUT2D eigenvalue weighted by molar-refractivity contribution is 5.75. The Bertz CT molecular complexity index is 1360. The molecular weight excluding hydrogens is 525 g/mol. The van der Waals surface area contributed by atoms with Gasteiger partial charge in [0.05, 0.1) is 34.8 Å². The number of likely N-dealkylation sites (N-methyl/N-ethyl adjacent to an activating group) is 1. The molecule has 13 heteroatoms. The number of rotatable bonds is 7. The molecule has 2 N–H and O–H groups in total. The number of aromatic nitrogens is 4. The summed E-state index contributed by atoms with van der Waals surface area (Å²) in [5, 5.41) is 10.1. The van der Waals surface area contributed by atoms with Gasteiger partial charge in [-0.2, -0.15) is 18.3 Å². The minimum atomic E-state index is -4.62. The Morgan fingerprint density at radius 2 is 1.95 bits per heavy atom. The number of halogens is 3. The van der Waals surface area contributed by atoms with Crippen LogP contribution in [0, 0.1) is 0 Å². The van der Waals surface area contributed by atoms with Crippen LogP contribution in [-0.2, 0) is 17.5 Å². The van der Waals surface area contributed by atoms with Crippen LogP contribution in [0.4, 0.5) is 29.6 Å². The van der Waals surface area contributed by atoms with E-state index in [0.29, 0.717) is 30.4 Å². The lowest BCUT2D eigenvalue weighted by atomic mass is 10.0. The van der Waals surface area contributed by atoms with Crippen molar-refractivity contribution >= 4 is 17.7 Å². The van der Waals surface area contributed by atoms with Gasteiger partial charge in [-0.25, -0.2) is 14.8 Å². The molecule has 2 saturated heterocycles. The molecule has 5 rings (SSSR count). The summed E-state index contributed by atoms with van der Waals surface area (Å²) in [4.78, 5) is 24.9. The zero-order chi connectivity index (χ0) is 28.7. The second kappa shape index (κ2) is 10.7. The predicted octanol–water partition coefficient (Wildman–Crippen LogP) is 4.65. The number of ether oxygens (including phenoxy) is 1. The van der Waals surface area contributed by atoms with E-state index in [4.69, 9.17) is 4.74 Å². The van der Waals surface area contributed by atoms with Gasteiger partial charge in [0.25, 0.3) is 0 Å². The van der Waals surface area contributed by atoms with E-state index in [0.717, 1.165) is 19.2 Å². The second-order valence-corrected chi connectivity index (χ2v) is 11.2. The Morgan fingerprint density at radius 3 is 2.60 bits per heavy atom. The van der Waals surface area contributed by atoms with Gasteiger partial charge in [0.2, 0.25) is 5.95 Å². The molecule has 1 aromatic carbocycles. The van der Waals surface area contributed by atoms with Gasteiger partial charge in [-0.3, -0.25) is 9.58 Å². The number of hydrogen-bond acceptors (Lipinski definition) is 7. The molecule has 2 aromatic heterocycles. The number of anilines is 2. The summed E-state index contributed by atoms with van der Waals surface area (Å²) < 4.78 is 49.8. The third kappa shape index (κ3) is 6.36. The van der Waals surface area contributed by atoms with Crippen molar-refractivity contribution < 1.29 is 22.7 Å². The Kier molecular flexibility index (Phi) is 7.44. The summed E-state index contributed by atoms with van der Waals surface area (Å²) >= 11 is 0. The average molecular weight is 559 g/mol. The Hall–Kier alpha value is -3.71. The molecule has 0 bridgehead atoms. The fourth-order valence-electron chi connectivity index (χ4n) is 4.70. The molecule has 214 valence electrons. The Morgan fingerprint density at radius 1 is 1.18 bits per heavy atom. The molecule has 0 spiro atoms. The highest BCUT2D eigenvalue weighted by Gasteiger charge is 2.37. The van der Waals surface area contributed by atoms with Gasteiger partial charge in [0, 0.05) is 50.6 Å². The minimum Gasteiger partial charge on any atom is -0.353 e. The molecule has 2 fully saturated rings. The highest BCUT2D eigenvalue weighted by Crippen LogP contribution is 2.35. The molecular formula is C27H33F3N8O2. The fraction of sp³-hybridized carbons (Fsp3) is 0.481. The van der Waals surface area contributed by atoms with Crippen molar-refractivity contribution in [1.82, 2.24) is 34.9 Å². The maximum absolute atomic E-state index is 14.0. The van der Waals surface area contributed by atoms with E-state index in [2.05, 4.69) is 30.6 Å². The van der Waals surface area contributed by atoms with E-state index in [1.54, 1.807) is 18.3 Å². The van der Waals surface area contributed by atoms with Gasteiger partial charge >= 0.3 is 12.2 Å². The number of nitrogens with zero attached hydrogens (tertiary/aromatic N) is 6. The van der Waals surface area contributed by atoms with Crippen molar-refractivity contribution in [3.8, 4) is 11.3 Å². The third-order valence-electron chi connectivity index (χ3n) is 6.79. The molecule has 1 atom stereocenters. The first-order chi connectivity index (χ1) is 18.9. The van der Waals surface area contributed by atoms with E-state index in [9.17, 15) is 18.0 Å². The number of alkyl halides is 3. The summed E-state index contributed by atoms with van der Waals surface area (Å²) in [6.45, 7) is 7.70. The summed E-state index contributed by atoms with van der Waals surface area (Å²) in [5.74, 6) is 0.245. The van der Waals surface area contributed by atoms with Crippen LogP contribution >= 0.6 is 0 Å². The number of carbonyl (C=O) groups excluding carboxylic acids is 1.